The van der Waals surface area contributed by atoms with E-state index in [1.807, 2.05) is 19.1 Å². The number of carbonyl (C=O) groups is 2. The SMILES string of the molecule is Cc1ccccc1C(=O)NC(=S)NNC(=O)c1ccncc1. The molecule has 0 atom stereocenters. The molecule has 0 aliphatic heterocycles. The van der Waals surface area contributed by atoms with E-state index in [1.165, 1.54) is 12.4 Å². The van der Waals surface area contributed by atoms with Crippen LogP contribution >= 0.6 is 12.2 Å². The summed E-state index contributed by atoms with van der Waals surface area (Å²) in [5.74, 6) is -0.719. The van der Waals surface area contributed by atoms with Gasteiger partial charge in [0.05, 0.1) is 0 Å². The van der Waals surface area contributed by atoms with Crippen LogP contribution in [0.15, 0.2) is 48.8 Å². The lowest BCUT2D eigenvalue weighted by Crippen LogP contribution is -2.48. The summed E-state index contributed by atoms with van der Waals surface area (Å²) in [6.45, 7) is 1.83. The van der Waals surface area contributed by atoms with E-state index in [0.717, 1.165) is 5.56 Å². The molecular weight excluding hydrogens is 300 g/mol. The lowest BCUT2D eigenvalue weighted by molar-refractivity contribution is 0.0934. The van der Waals surface area contributed by atoms with Gasteiger partial charge in [-0.25, -0.2) is 0 Å². The molecule has 0 bridgehead atoms. The minimum atomic E-state index is -0.380. The molecule has 2 amide bonds. The van der Waals surface area contributed by atoms with Crippen LogP contribution < -0.4 is 16.2 Å². The average molecular weight is 314 g/mol. The molecule has 0 spiro atoms. The number of rotatable bonds is 2. The Bertz CT molecular complexity index is 704. The van der Waals surface area contributed by atoms with E-state index in [0.29, 0.717) is 11.1 Å². The van der Waals surface area contributed by atoms with Gasteiger partial charge >= 0.3 is 0 Å². The first-order valence-corrected chi connectivity index (χ1v) is 6.86. The van der Waals surface area contributed by atoms with Crippen molar-refractivity contribution in [2.24, 2.45) is 0 Å². The molecule has 7 heteroatoms. The zero-order valence-corrected chi connectivity index (χ0v) is 12.6. The molecule has 6 nitrogen and oxygen atoms in total. The van der Waals surface area contributed by atoms with Crippen LogP contribution in [0, 0.1) is 6.92 Å². The fourth-order valence-electron chi connectivity index (χ4n) is 1.72. The Morgan fingerprint density at radius 2 is 1.68 bits per heavy atom. The van der Waals surface area contributed by atoms with Gasteiger partial charge in [-0.2, -0.15) is 0 Å². The van der Waals surface area contributed by atoms with Gasteiger partial charge in [-0.05, 0) is 42.9 Å². The number of hydrazine groups is 1. The number of hydrogen-bond acceptors (Lipinski definition) is 4. The Morgan fingerprint density at radius 3 is 2.36 bits per heavy atom. The van der Waals surface area contributed by atoms with Gasteiger partial charge in [0, 0.05) is 23.5 Å². The van der Waals surface area contributed by atoms with Crippen molar-refractivity contribution in [2.45, 2.75) is 6.92 Å². The predicted molar refractivity (Wildman–Crippen MR) is 86.1 cm³/mol. The average Bonchev–Trinajstić information content (AvgIpc) is 2.53. The number of aryl methyl sites for hydroxylation is 1. The van der Waals surface area contributed by atoms with Crippen molar-refractivity contribution < 1.29 is 9.59 Å². The molecule has 112 valence electrons. The minimum Gasteiger partial charge on any atom is -0.298 e. The molecule has 1 aromatic heterocycles. The smallest absolute Gasteiger partial charge is 0.269 e. The summed E-state index contributed by atoms with van der Waals surface area (Å²) >= 11 is 4.97. The first kappa shape index (κ1) is 15.6. The monoisotopic (exact) mass is 314 g/mol. The molecule has 0 saturated heterocycles. The third-order valence-corrected chi connectivity index (χ3v) is 3.05. The Balaban J connectivity index is 1.87. The van der Waals surface area contributed by atoms with Gasteiger partial charge < -0.3 is 0 Å². The van der Waals surface area contributed by atoms with Crippen molar-refractivity contribution in [1.82, 2.24) is 21.2 Å². The second-order valence-corrected chi connectivity index (χ2v) is 4.82. The summed E-state index contributed by atoms with van der Waals surface area (Å²) in [7, 11) is 0. The van der Waals surface area contributed by atoms with E-state index in [2.05, 4.69) is 21.2 Å². The standard InChI is InChI=1S/C15H14N4O2S/c1-10-4-2-3-5-12(10)14(21)17-15(22)19-18-13(20)11-6-8-16-9-7-11/h2-9H,1H3,(H,18,20)(H2,17,19,21,22). The van der Waals surface area contributed by atoms with E-state index in [-0.39, 0.29) is 16.9 Å². The Morgan fingerprint density at radius 1 is 1.00 bits per heavy atom. The highest BCUT2D eigenvalue weighted by molar-refractivity contribution is 7.80. The number of amides is 2. The molecular formula is C15H14N4O2S. The summed E-state index contributed by atoms with van der Waals surface area (Å²) in [5, 5.41) is 2.51. The molecule has 2 aromatic rings. The normalized spacial score (nSPS) is 9.68. The molecule has 2 rings (SSSR count). The zero-order chi connectivity index (χ0) is 15.9. The number of carbonyl (C=O) groups excluding carboxylic acids is 2. The second-order valence-electron chi connectivity index (χ2n) is 4.41. The largest absolute Gasteiger partial charge is 0.298 e. The van der Waals surface area contributed by atoms with E-state index in [1.54, 1.807) is 24.3 Å². The predicted octanol–water partition coefficient (Wildman–Crippen LogP) is 1.34. The summed E-state index contributed by atoms with van der Waals surface area (Å²) < 4.78 is 0. The zero-order valence-electron chi connectivity index (χ0n) is 11.8. The Labute approximate surface area is 132 Å². The number of nitrogens with one attached hydrogen (secondary N) is 3. The van der Waals surface area contributed by atoms with Crippen molar-refractivity contribution in [3.8, 4) is 0 Å². The maximum absolute atomic E-state index is 12.0. The Kier molecular flexibility index (Phi) is 5.16. The highest BCUT2D eigenvalue weighted by Crippen LogP contribution is 2.06. The molecule has 0 unspecified atom stereocenters. The second kappa shape index (κ2) is 7.28. The van der Waals surface area contributed by atoms with Crippen LogP contribution in [0.5, 0.6) is 0 Å². The number of nitrogens with zero attached hydrogens (tertiary/aromatic N) is 1. The van der Waals surface area contributed by atoms with E-state index in [4.69, 9.17) is 12.2 Å². The Hall–Kier alpha value is -2.80. The molecule has 3 N–H and O–H groups in total. The molecule has 0 aliphatic carbocycles. The van der Waals surface area contributed by atoms with Gasteiger partial charge in [0.15, 0.2) is 5.11 Å². The fraction of sp³-hybridized carbons (Fsp3) is 0.0667. The molecule has 22 heavy (non-hydrogen) atoms. The topological polar surface area (TPSA) is 83.1 Å². The van der Waals surface area contributed by atoms with Crippen LogP contribution in [-0.4, -0.2) is 21.9 Å². The molecule has 0 fully saturated rings. The summed E-state index contributed by atoms with van der Waals surface area (Å²) in [5.41, 5.74) is 6.66. The molecule has 0 radical (unpaired) electrons. The third kappa shape index (κ3) is 4.10. The lowest BCUT2D eigenvalue weighted by atomic mass is 10.1. The van der Waals surface area contributed by atoms with Crippen LogP contribution in [0.1, 0.15) is 26.3 Å². The van der Waals surface area contributed by atoms with Crippen LogP contribution in [0.4, 0.5) is 0 Å². The van der Waals surface area contributed by atoms with Crippen LogP contribution in [0.25, 0.3) is 0 Å². The van der Waals surface area contributed by atoms with E-state index in [9.17, 15) is 9.59 Å². The molecule has 0 saturated carbocycles. The first-order chi connectivity index (χ1) is 10.6. The first-order valence-electron chi connectivity index (χ1n) is 6.45. The van der Waals surface area contributed by atoms with Gasteiger partial charge in [0.25, 0.3) is 11.8 Å². The number of hydrogen-bond donors (Lipinski definition) is 3. The number of pyridine rings is 1. The summed E-state index contributed by atoms with van der Waals surface area (Å²) in [6.07, 6.45) is 3.01. The number of aromatic nitrogens is 1. The lowest BCUT2D eigenvalue weighted by Gasteiger charge is -2.11. The molecule has 1 aromatic carbocycles. The van der Waals surface area contributed by atoms with Gasteiger partial charge in [0.2, 0.25) is 0 Å². The van der Waals surface area contributed by atoms with Gasteiger partial charge in [-0.15, -0.1) is 0 Å². The van der Waals surface area contributed by atoms with Crippen molar-refractivity contribution in [1.29, 1.82) is 0 Å². The number of thiocarbonyl (C=S) groups is 1. The van der Waals surface area contributed by atoms with Gasteiger partial charge in [-0.1, -0.05) is 18.2 Å². The molecule has 0 aliphatic rings. The van der Waals surface area contributed by atoms with E-state index >= 15 is 0 Å². The van der Waals surface area contributed by atoms with Crippen molar-refractivity contribution in [2.75, 3.05) is 0 Å². The third-order valence-electron chi connectivity index (χ3n) is 2.85. The van der Waals surface area contributed by atoms with Crippen LogP contribution in [0.3, 0.4) is 0 Å². The quantitative estimate of drug-likeness (QED) is 0.575. The highest BCUT2D eigenvalue weighted by atomic mass is 32.1. The van der Waals surface area contributed by atoms with Crippen LogP contribution in [-0.2, 0) is 0 Å². The minimum absolute atomic E-state index is 0.00987. The fourth-order valence-corrected chi connectivity index (χ4v) is 1.86. The van der Waals surface area contributed by atoms with Crippen molar-refractivity contribution in [3.05, 3.63) is 65.5 Å². The number of benzene rings is 1. The summed E-state index contributed by atoms with van der Waals surface area (Å²) in [6, 6.07) is 10.3. The van der Waals surface area contributed by atoms with Crippen molar-refractivity contribution in [3.63, 3.8) is 0 Å². The van der Waals surface area contributed by atoms with Gasteiger partial charge in [-0.3, -0.25) is 30.7 Å². The maximum atomic E-state index is 12.0. The van der Waals surface area contributed by atoms with Crippen LogP contribution in [0.2, 0.25) is 0 Å². The summed E-state index contributed by atoms with van der Waals surface area (Å²) in [4.78, 5) is 27.6. The molecule has 1 heterocycles. The van der Waals surface area contributed by atoms with E-state index < -0.39 is 0 Å². The van der Waals surface area contributed by atoms with Gasteiger partial charge in [0.1, 0.15) is 0 Å². The maximum Gasteiger partial charge on any atom is 0.269 e. The van der Waals surface area contributed by atoms with Crippen molar-refractivity contribution >= 4 is 29.1 Å². The highest BCUT2D eigenvalue weighted by Gasteiger charge is 2.10.